The van der Waals surface area contributed by atoms with E-state index < -0.39 is 21.3 Å². The standard InChI is InChI=1S/C17H16ClN.C10H16O4S/c1-12-11-13-7-3-6-10-16(13)19(2)17(12)14-8-4-5-9-15(14)18;1-9(2)7-3-4-10(9,8(11)5-7)6-15(12,13)14/h3-11,17H,1-2H3;7H,3-6H2,1-2H3,(H,12,13,14). The maximum absolute atomic E-state index is 11.9. The first kappa shape index (κ1) is 25.0. The fourth-order valence-corrected chi connectivity index (χ4v) is 7.81. The first-order valence-corrected chi connectivity index (χ1v) is 13.6. The molecule has 3 unspecified atom stereocenters. The Bertz CT molecular complexity index is 1250. The van der Waals surface area contributed by atoms with Gasteiger partial charge in [-0.3, -0.25) is 9.35 Å². The molecular weight excluding hydrogens is 470 g/mol. The van der Waals surface area contributed by atoms with E-state index in [4.69, 9.17) is 16.2 Å². The molecule has 1 N–H and O–H groups in total. The molecule has 3 aliphatic rings. The minimum absolute atomic E-state index is 0.0152. The van der Waals surface area contributed by atoms with Gasteiger partial charge in [-0.05, 0) is 59.9 Å². The average molecular weight is 502 g/mol. The molecule has 1 aliphatic heterocycles. The number of anilines is 1. The molecule has 2 bridgehead atoms. The Morgan fingerprint density at radius 1 is 1.12 bits per heavy atom. The number of benzene rings is 2. The van der Waals surface area contributed by atoms with Crippen LogP contribution in [0.1, 0.15) is 57.2 Å². The molecule has 182 valence electrons. The molecule has 0 aromatic heterocycles. The summed E-state index contributed by atoms with van der Waals surface area (Å²) >= 11 is 6.36. The van der Waals surface area contributed by atoms with Crippen LogP contribution in [0, 0.1) is 16.7 Å². The molecule has 0 saturated heterocycles. The zero-order chi connectivity index (χ0) is 24.9. The van der Waals surface area contributed by atoms with Crippen LogP contribution in [0.2, 0.25) is 5.02 Å². The third-order valence-electron chi connectivity index (χ3n) is 8.29. The number of fused-ring (bicyclic) bond motifs is 3. The van der Waals surface area contributed by atoms with Crippen LogP contribution in [0.5, 0.6) is 0 Å². The SMILES string of the molecule is CC1(C)C2CCC1(CS(=O)(=O)O)C(=O)C2.CC1=Cc2ccccc2N(C)C1c1ccccc1Cl. The molecule has 34 heavy (non-hydrogen) atoms. The highest BCUT2D eigenvalue weighted by molar-refractivity contribution is 7.85. The predicted molar refractivity (Wildman–Crippen MR) is 138 cm³/mol. The second kappa shape index (κ2) is 8.81. The van der Waals surface area contributed by atoms with Crippen LogP contribution in [0.4, 0.5) is 5.69 Å². The van der Waals surface area contributed by atoms with Gasteiger partial charge in [0, 0.05) is 24.2 Å². The van der Waals surface area contributed by atoms with Gasteiger partial charge in [0.2, 0.25) is 0 Å². The van der Waals surface area contributed by atoms with Gasteiger partial charge in [-0.1, -0.05) is 67.9 Å². The van der Waals surface area contributed by atoms with Crippen molar-refractivity contribution in [3.63, 3.8) is 0 Å². The average Bonchev–Trinajstić information content (AvgIpc) is 3.09. The van der Waals surface area contributed by atoms with Crippen molar-refractivity contribution in [2.24, 2.45) is 16.7 Å². The number of carbonyl (C=O) groups is 1. The lowest BCUT2D eigenvalue weighted by molar-refractivity contribution is -0.128. The quantitative estimate of drug-likeness (QED) is 0.506. The summed E-state index contributed by atoms with van der Waals surface area (Å²) in [4.78, 5) is 14.2. The molecular formula is C27H32ClNO4S. The van der Waals surface area contributed by atoms with E-state index in [1.165, 1.54) is 16.8 Å². The molecule has 5 nitrogen and oxygen atoms in total. The Balaban J connectivity index is 0.000000166. The Kier molecular flexibility index (Phi) is 6.47. The van der Waals surface area contributed by atoms with Gasteiger partial charge in [-0.15, -0.1) is 0 Å². The third-order valence-corrected chi connectivity index (χ3v) is 9.49. The van der Waals surface area contributed by atoms with E-state index in [2.05, 4.69) is 55.3 Å². The van der Waals surface area contributed by atoms with Crippen LogP contribution in [-0.4, -0.2) is 31.6 Å². The Labute approximate surface area is 207 Å². The molecule has 2 fully saturated rings. The van der Waals surface area contributed by atoms with Gasteiger partial charge in [-0.2, -0.15) is 8.42 Å². The minimum Gasteiger partial charge on any atom is -0.363 e. The lowest BCUT2D eigenvalue weighted by atomic mass is 9.70. The molecule has 0 spiro atoms. The molecule has 5 rings (SSSR count). The van der Waals surface area contributed by atoms with Gasteiger partial charge in [0.15, 0.2) is 0 Å². The first-order chi connectivity index (χ1) is 15.9. The van der Waals surface area contributed by atoms with E-state index in [1.54, 1.807) is 0 Å². The van der Waals surface area contributed by atoms with Crippen molar-refractivity contribution in [2.75, 3.05) is 17.7 Å². The van der Waals surface area contributed by atoms with Crippen LogP contribution < -0.4 is 4.90 Å². The second-order valence-corrected chi connectivity index (χ2v) is 12.2. The number of carbonyl (C=O) groups excluding carboxylic acids is 1. The van der Waals surface area contributed by atoms with Crippen LogP contribution in [0.25, 0.3) is 6.08 Å². The minimum atomic E-state index is -4.08. The van der Waals surface area contributed by atoms with Crippen LogP contribution in [0.3, 0.4) is 0 Å². The van der Waals surface area contributed by atoms with Crippen LogP contribution >= 0.6 is 11.6 Å². The van der Waals surface area contributed by atoms with Gasteiger partial charge in [0.05, 0.1) is 17.2 Å². The Morgan fingerprint density at radius 3 is 2.35 bits per heavy atom. The van der Waals surface area contributed by atoms with E-state index in [0.717, 1.165) is 17.0 Å². The summed E-state index contributed by atoms with van der Waals surface area (Å²) in [5, 5.41) is 0.825. The zero-order valence-corrected chi connectivity index (χ0v) is 21.7. The molecule has 2 aromatic rings. The fourth-order valence-electron chi connectivity index (χ4n) is 6.27. The normalized spacial score (nSPS) is 27.1. The summed E-state index contributed by atoms with van der Waals surface area (Å²) in [5.41, 5.74) is 3.87. The molecule has 2 aliphatic carbocycles. The topological polar surface area (TPSA) is 74.7 Å². The lowest BCUT2D eigenvalue weighted by Crippen LogP contribution is -2.42. The number of likely N-dealkylation sites (N-methyl/N-ethyl adjacent to an activating group) is 1. The van der Waals surface area contributed by atoms with Gasteiger partial charge in [0.1, 0.15) is 5.78 Å². The number of para-hydroxylation sites is 1. The Morgan fingerprint density at radius 2 is 1.76 bits per heavy atom. The van der Waals surface area contributed by atoms with E-state index in [9.17, 15) is 13.2 Å². The maximum atomic E-state index is 11.9. The lowest BCUT2D eigenvalue weighted by Gasteiger charge is -2.36. The van der Waals surface area contributed by atoms with Crippen molar-refractivity contribution in [1.82, 2.24) is 0 Å². The molecule has 7 heteroatoms. The van der Waals surface area contributed by atoms with E-state index in [0.29, 0.717) is 12.8 Å². The third kappa shape index (κ3) is 4.21. The van der Waals surface area contributed by atoms with Gasteiger partial charge >= 0.3 is 0 Å². The highest BCUT2D eigenvalue weighted by Gasteiger charge is 2.65. The summed E-state index contributed by atoms with van der Waals surface area (Å²) in [5.74, 6) is -0.101. The van der Waals surface area contributed by atoms with Gasteiger partial charge < -0.3 is 4.90 Å². The molecule has 0 radical (unpaired) electrons. The van der Waals surface area contributed by atoms with Gasteiger partial charge in [0.25, 0.3) is 10.1 Å². The molecule has 0 amide bonds. The monoisotopic (exact) mass is 501 g/mol. The number of hydrogen-bond donors (Lipinski definition) is 1. The van der Waals surface area contributed by atoms with Crippen LogP contribution in [0.15, 0.2) is 54.1 Å². The zero-order valence-electron chi connectivity index (χ0n) is 20.1. The number of ketones is 1. The number of hydrogen-bond acceptors (Lipinski definition) is 4. The van der Waals surface area contributed by atoms with E-state index in [-0.39, 0.29) is 23.2 Å². The largest absolute Gasteiger partial charge is 0.363 e. The molecule has 2 saturated carbocycles. The summed E-state index contributed by atoms with van der Waals surface area (Å²) in [6.45, 7) is 6.06. The molecule has 3 atom stereocenters. The molecule has 1 heterocycles. The summed E-state index contributed by atoms with van der Waals surface area (Å²) in [6, 6.07) is 16.8. The van der Waals surface area contributed by atoms with Crippen molar-refractivity contribution in [3.05, 3.63) is 70.3 Å². The highest BCUT2D eigenvalue weighted by atomic mass is 35.5. The summed E-state index contributed by atoms with van der Waals surface area (Å²) in [6.07, 6.45) is 4.23. The molecule has 2 aromatic carbocycles. The number of halogens is 1. The van der Waals surface area contributed by atoms with Gasteiger partial charge in [-0.25, -0.2) is 0 Å². The van der Waals surface area contributed by atoms with Crippen molar-refractivity contribution in [3.8, 4) is 0 Å². The predicted octanol–water partition coefficient (Wildman–Crippen LogP) is 6.20. The fraction of sp³-hybridized carbons (Fsp3) is 0.444. The van der Waals surface area contributed by atoms with Crippen molar-refractivity contribution >= 4 is 39.3 Å². The number of nitrogens with zero attached hydrogens (tertiary/aromatic N) is 1. The van der Waals surface area contributed by atoms with E-state index >= 15 is 0 Å². The van der Waals surface area contributed by atoms with Crippen molar-refractivity contribution in [1.29, 1.82) is 0 Å². The van der Waals surface area contributed by atoms with Crippen LogP contribution in [-0.2, 0) is 14.9 Å². The highest BCUT2D eigenvalue weighted by Crippen LogP contribution is 2.64. The Hall–Kier alpha value is -2.15. The number of rotatable bonds is 3. The smallest absolute Gasteiger partial charge is 0.265 e. The van der Waals surface area contributed by atoms with E-state index in [1.807, 2.05) is 32.0 Å². The summed E-state index contributed by atoms with van der Waals surface area (Å²) < 4.78 is 31.0. The summed E-state index contributed by atoms with van der Waals surface area (Å²) in [7, 11) is -1.95. The van der Waals surface area contributed by atoms with Crippen molar-refractivity contribution < 1.29 is 17.8 Å². The maximum Gasteiger partial charge on any atom is 0.265 e. The second-order valence-electron chi connectivity index (χ2n) is 10.4. The number of Topliss-reactive ketones (excluding diaryl/α,β-unsaturated/α-hetero) is 1. The first-order valence-electron chi connectivity index (χ1n) is 11.6. The van der Waals surface area contributed by atoms with Crippen molar-refractivity contribution in [2.45, 2.75) is 46.1 Å².